The van der Waals surface area contributed by atoms with Crippen LogP contribution in [0.4, 0.5) is 0 Å². The first kappa shape index (κ1) is 12.5. The number of nitrogens with zero attached hydrogens (tertiary/aromatic N) is 2. The van der Waals surface area contributed by atoms with Crippen molar-refractivity contribution in [3.8, 4) is 0 Å². The Balaban J connectivity index is 1.71. The topological polar surface area (TPSA) is 46.3 Å². The number of oxazole rings is 1. The molecular weight excluding hydrogens is 260 g/mol. The van der Waals surface area contributed by atoms with Gasteiger partial charge in [-0.3, -0.25) is 4.79 Å². The van der Waals surface area contributed by atoms with Crippen molar-refractivity contribution in [1.82, 2.24) is 9.88 Å². The monoisotopic (exact) mass is 276 g/mol. The Hall–Kier alpha value is -1.49. The quantitative estimate of drug-likeness (QED) is 0.809. The average molecular weight is 276 g/mol. The number of hydrogen-bond donors (Lipinski definition) is 0. The van der Waals surface area contributed by atoms with Crippen molar-refractivity contribution in [3.05, 3.63) is 24.3 Å². The molecule has 1 aliphatic heterocycles. The number of rotatable bonds is 3. The van der Waals surface area contributed by atoms with Crippen LogP contribution < -0.4 is 0 Å². The zero-order chi connectivity index (χ0) is 13.2. The maximum Gasteiger partial charge on any atom is 0.257 e. The summed E-state index contributed by atoms with van der Waals surface area (Å²) < 4.78 is 5.63. The van der Waals surface area contributed by atoms with Gasteiger partial charge >= 0.3 is 0 Å². The van der Waals surface area contributed by atoms with Gasteiger partial charge in [0, 0.05) is 13.1 Å². The molecule has 1 aromatic heterocycles. The van der Waals surface area contributed by atoms with Crippen molar-refractivity contribution in [2.24, 2.45) is 0 Å². The molecule has 0 saturated carbocycles. The lowest BCUT2D eigenvalue weighted by molar-refractivity contribution is -0.129. The van der Waals surface area contributed by atoms with E-state index in [-0.39, 0.29) is 11.2 Å². The fraction of sp³-hybridized carbons (Fsp3) is 0.429. The molecule has 19 heavy (non-hydrogen) atoms. The van der Waals surface area contributed by atoms with Gasteiger partial charge in [0.15, 0.2) is 5.58 Å². The first-order chi connectivity index (χ1) is 9.24. The maximum atomic E-state index is 12.2. The van der Waals surface area contributed by atoms with E-state index in [1.165, 1.54) is 11.8 Å². The van der Waals surface area contributed by atoms with Crippen molar-refractivity contribution >= 4 is 28.8 Å². The standard InChI is InChI=1S/C14H16N2O2S/c1-10(13(17)16-8-4-5-9-16)19-14-15-11-6-2-3-7-12(11)18-14/h2-3,6-7,10H,4-5,8-9H2,1H3. The minimum Gasteiger partial charge on any atom is -0.431 e. The summed E-state index contributed by atoms with van der Waals surface area (Å²) in [5, 5.41) is 0.424. The molecule has 5 heteroatoms. The highest BCUT2D eigenvalue weighted by atomic mass is 32.2. The molecule has 0 spiro atoms. The minimum atomic E-state index is -0.147. The number of likely N-dealkylation sites (tertiary alicyclic amines) is 1. The Morgan fingerprint density at radius 1 is 1.37 bits per heavy atom. The zero-order valence-corrected chi connectivity index (χ0v) is 11.7. The molecule has 100 valence electrons. The van der Waals surface area contributed by atoms with Crippen molar-refractivity contribution in [2.75, 3.05) is 13.1 Å². The number of carbonyl (C=O) groups excluding carboxylic acids is 1. The lowest BCUT2D eigenvalue weighted by atomic mass is 10.3. The van der Waals surface area contributed by atoms with Gasteiger partial charge in [-0.15, -0.1) is 0 Å². The summed E-state index contributed by atoms with van der Waals surface area (Å²) in [5.74, 6) is 0.185. The van der Waals surface area contributed by atoms with Crippen LogP contribution in [-0.4, -0.2) is 34.1 Å². The van der Waals surface area contributed by atoms with Gasteiger partial charge in [-0.1, -0.05) is 23.9 Å². The third kappa shape index (κ3) is 2.61. The molecule has 1 unspecified atom stereocenters. The molecule has 3 rings (SSSR count). The van der Waals surface area contributed by atoms with Crippen molar-refractivity contribution in [2.45, 2.75) is 30.2 Å². The Kier molecular flexibility index (Phi) is 3.46. The van der Waals surface area contributed by atoms with Gasteiger partial charge < -0.3 is 9.32 Å². The molecule has 1 aliphatic rings. The minimum absolute atomic E-state index is 0.147. The second-order valence-electron chi connectivity index (χ2n) is 4.74. The summed E-state index contributed by atoms with van der Waals surface area (Å²) in [4.78, 5) is 18.5. The van der Waals surface area contributed by atoms with Crippen LogP contribution in [0.3, 0.4) is 0 Å². The van der Waals surface area contributed by atoms with Crippen LogP contribution in [0, 0.1) is 0 Å². The van der Waals surface area contributed by atoms with Crippen LogP contribution in [-0.2, 0) is 4.79 Å². The molecule has 4 nitrogen and oxygen atoms in total. The Morgan fingerprint density at radius 3 is 2.84 bits per heavy atom. The number of aromatic nitrogens is 1. The molecule has 0 aliphatic carbocycles. The molecular formula is C14H16N2O2S. The smallest absolute Gasteiger partial charge is 0.257 e. The second kappa shape index (κ2) is 5.25. The highest BCUT2D eigenvalue weighted by Gasteiger charge is 2.25. The molecule has 0 N–H and O–H groups in total. The van der Waals surface area contributed by atoms with Crippen LogP contribution >= 0.6 is 11.8 Å². The normalized spacial score (nSPS) is 17.0. The average Bonchev–Trinajstić information content (AvgIpc) is 3.06. The van der Waals surface area contributed by atoms with E-state index >= 15 is 0 Å². The lowest BCUT2D eigenvalue weighted by Crippen LogP contribution is -2.34. The van der Waals surface area contributed by atoms with Crippen LogP contribution in [0.2, 0.25) is 0 Å². The number of carbonyl (C=O) groups is 1. The molecule has 1 saturated heterocycles. The third-order valence-corrected chi connectivity index (χ3v) is 4.25. The van der Waals surface area contributed by atoms with Gasteiger partial charge in [0.25, 0.3) is 5.22 Å². The van der Waals surface area contributed by atoms with Gasteiger partial charge in [-0.25, -0.2) is 4.98 Å². The van der Waals surface area contributed by atoms with Gasteiger partial charge in [0.2, 0.25) is 5.91 Å². The van der Waals surface area contributed by atoms with Crippen molar-refractivity contribution < 1.29 is 9.21 Å². The van der Waals surface area contributed by atoms with E-state index in [0.29, 0.717) is 5.22 Å². The number of hydrogen-bond acceptors (Lipinski definition) is 4. The Bertz CT molecular complexity index is 557. The van der Waals surface area contributed by atoms with Gasteiger partial charge in [-0.2, -0.15) is 0 Å². The van der Waals surface area contributed by atoms with E-state index in [1.807, 2.05) is 36.1 Å². The van der Waals surface area contributed by atoms with Crippen LogP contribution in [0.15, 0.2) is 33.9 Å². The molecule has 1 aromatic carbocycles. The predicted molar refractivity (Wildman–Crippen MR) is 75.1 cm³/mol. The highest BCUT2D eigenvalue weighted by Crippen LogP contribution is 2.28. The number of para-hydroxylation sites is 2. The molecule has 1 atom stereocenters. The largest absolute Gasteiger partial charge is 0.431 e. The summed E-state index contributed by atoms with van der Waals surface area (Å²) >= 11 is 1.40. The molecule has 2 aromatic rings. The molecule has 2 heterocycles. The van der Waals surface area contributed by atoms with Crippen molar-refractivity contribution in [3.63, 3.8) is 0 Å². The maximum absolute atomic E-state index is 12.2. The Morgan fingerprint density at radius 2 is 2.11 bits per heavy atom. The van der Waals surface area contributed by atoms with Crippen LogP contribution in [0.5, 0.6) is 0 Å². The van der Waals surface area contributed by atoms with E-state index in [2.05, 4.69) is 4.98 Å². The van der Waals surface area contributed by atoms with E-state index < -0.39 is 0 Å². The summed E-state index contributed by atoms with van der Waals surface area (Å²) in [5.41, 5.74) is 1.61. The van der Waals surface area contributed by atoms with E-state index in [0.717, 1.165) is 37.0 Å². The number of amides is 1. The zero-order valence-electron chi connectivity index (χ0n) is 10.8. The van der Waals surface area contributed by atoms with Gasteiger partial charge in [0.05, 0.1) is 5.25 Å². The SMILES string of the molecule is CC(Sc1nc2ccccc2o1)C(=O)N1CCCC1. The number of benzene rings is 1. The number of fused-ring (bicyclic) bond motifs is 1. The summed E-state index contributed by atoms with van der Waals surface area (Å²) in [6, 6.07) is 7.65. The first-order valence-electron chi connectivity index (χ1n) is 6.55. The van der Waals surface area contributed by atoms with Gasteiger partial charge in [0.1, 0.15) is 5.52 Å². The molecule has 1 fully saturated rings. The summed E-state index contributed by atoms with van der Waals surface area (Å²) in [6.45, 7) is 3.69. The molecule has 0 bridgehead atoms. The van der Waals surface area contributed by atoms with Crippen LogP contribution in [0.1, 0.15) is 19.8 Å². The van der Waals surface area contributed by atoms with Crippen LogP contribution in [0.25, 0.3) is 11.1 Å². The number of thioether (sulfide) groups is 1. The fourth-order valence-corrected chi connectivity index (χ4v) is 3.14. The Labute approximate surface area is 116 Å². The second-order valence-corrected chi connectivity index (χ2v) is 6.03. The predicted octanol–water partition coefficient (Wildman–Crippen LogP) is 2.93. The van der Waals surface area contributed by atoms with E-state index in [4.69, 9.17) is 4.42 Å². The lowest BCUT2D eigenvalue weighted by Gasteiger charge is -2.18. The molecule has 0 radical (unpaired) electrons. The van der Waals surface area contributed by atoms with Gasteiger partial charge in [-0.05, 0) is 31.9 Å². The first-order valence-corrected chi connectivity index (χ1v) is 7.43. The van der Waals surface area contributed by atoms with Crippen molar-refractivity contribution in [1.29, 1.82) is 0 Å². The van der Waals surface area contributed by atoms with E-state index in [9.17, 15) is 4.79 Å². The highest BCUT2D eigenvalue weighted by molar-refractivity contribution is 8.00. The fourth-order valence-electron chi connectivity index (χ4n) is 2.30. The summed E-state index contributed by atoms with van der Waals surface area (Å²) in [7, 11) is 0. The molecule has 1 amide bonds. The summed E-state index contributed by atoms with van der Waals surface area (Å²) in [6.07, 6.45) is 2.23. The van der Waals surface area contributed by atoms with E-state index in [1.54, 1.807) is 0 Å². The third-order valence-electron chi connectivity index (χ3n) is 3.32.